The van der Waals surface area contributed by atoms with E-state index in [1.54, 1.807) is 11.3 Å². The first kappa shape index (κ1) is 13.9. The number of nitrogens with one attached hydrogen (secondary N) is 1. The Hall–Kier alpha value is -0.530. The van der Waals surface area contributed by atoms with Gasteiger partial charge in [-0.1, -0.05) is 36.5 Å². The minimum Gasteiger partial charge on any atom is -0.310 e. The smallest absolute Gasteiger partial charge is 0.148 e. The largest absolute Gasteiger partial charge is 0.310 e. The van der Waals surface area contributed by atoms with Crippen LogP contribution in [0.1, 0.15) is 23.9 Å². The molecule has 5 heteroatoms. The Morgan fingerprint density at radius 3 is 2.94 bits per heavy atom. The second-order valence-electron chi connectivity index (χ2n) is 4.11. The molecule has 0 saturated carbocycles. The average molecular weight is 373 g/mol. The Kier molecular flexibility index (Phi) is 5.08. The van der Waals surface area contributed by atoms with Gasteiger partial charge in [0.2, 0.25) is 0 Å². The van der Waals surface area contributed by atoms with E-state index in [1.165, 1.54) is 14.7 Å². The summed E-state index contributed by atoms with van der Waals surface area (Å²) in [6.07, 6.45) is 1.14. The van der Waals surface area contributed by atoms with Crippen molar-refractivity contribution in [2.45, 2.75) is 26.8 Å². The maximum Gasteiger partial charge on any atom is 0.148 e. The van der Waals surface area contributed by atoms with Gasteiger partial charge in [-0.05, 0) is 48.0 Å². The summed E-state index contributed by atoms with van der Waals surface area (Å²) >= 11 is 4.05. The van der Waals surface area contributed by atoms with Gasteiger partial charge < -0.3 is 5.32 Å². The van der Waals surface area contributed by atoms with Crippen LogP contribution in [0, 0.1) is 10.5 Å². The molecule has 1 aromatic heterocycles. The predicted molar refractivity (Wildman–Crippen MR) is 84.8 cm³/mol. The topological polar surface area (TPSA) is 37.8 Å². The normalized spacial score (nSPS) is 10.8. The quantitative estimate of drug-likeness (QED) is 0.643. The Balaban J connectivity index is 2.16. The van der Waals surface area contributed by atoms with Gasteiger partial charge in [0.25, 0.3) is 0 Å². The molecule has 2 rings (SSSR count). The first-order valence-electron chi connectivity index (χ1n) is 6.01. The highest BCUT2D eigenvalue weighted by Gasteiger charge is 2.10. The number of aryl methyl sites for hydroxylation is 1. The maximum absolute atomic E-state index is 4.29. The molecule has 1 aromatic carbocycles. The minimum atomic E-state index is 0.813. The third-order valence-electron chi connectivity index (χ3n) is 2.59. The summed E-state index contributed by atoms with van der Waals surface area (Å²) < 4.78 is 1.26. The zero-order valence-corrected chi connectivity index (χ0v) is 13.5. The van der Waals surface area contributed by atoms with Crippen LogP contribution in [0.2, 0.25) is 0 Å². The third kappa shape index (κ3) is 3.27. The zero-order valence-electron chi connectivity index (χ0n) is 10.5. The summed E-state index contributed by atoms with van der Waals surface area (Å²) in [5.41, 5.74) is 2.48. The van der Waals surface area contributed by atoms with Gasteiger partial charge in [-0.15, -0.1) is 10.2 Å². The predicted octanol–water partition coefficient (Wildman–Crippen LogP) is 3.62. The molecule has 0 atom stereocenters. The standard InChI is InChI=1S/C13H16IN3S/c1-3-7-15-8-11-16-17-13(18-11)10-6-4-5-9(2)12(10)14/h4-6,15H,3,7-8H2,1-2H3. The average Bonchev–Trinajstić information content (AvgIpc) is 2.82. The van der Waals surface area contributed by atoms with Gasteiger partial charge >= 0.3 is 0 Å². The van der Waals surface area contributed by atoms with Crippen molar-refractivity contribution in [3.63, 3.8) is 0 Å². The molecule has 96 valence electrons. The van der Waals surface area contributed by atoms with E-state index in [4.69, 9.17) is 0 Å². The van der Waals surface area contributed by atoms with Crippen LogP contribution in [0.25, 0.3) is 10.6 Å². The van der Waals surface area contributed by atoms with Crippen LogP contribution in [0.15, 0.2) is 18.2 Å². The molecule has 0 radical (unpaired) electrons. The van der Waals surface area contributed by atoms with E-state index >= 15 is 0 Å². The number of aromatic nitrogens is 2. The zero-order chi connectivity index (χ0) is 13.0. The van der Waals surface area contributed by atoms with E-state index in [2.05, 4.69) is 70.2 Å². The molecule has 1 heterocycles. The molecule has 0 aliphatic heterocycles. The molecular formula is C13H16IN3S. The Labute approximate surface area is 125 Å². The molecule has 0 aliphatic carbocycles. The van der Waals surface area contributed by atoms with E-state index in [1.807, 2.05) is 0 Å². The number of benzene rings is 1. The van der Waals surface area contributed by atoms with Crippen molar-refractivity contribution >= 4 is 33.9 Å². The summed E-state index contributed by atoms with van der Waals surface area (Å²) in [5.74, 6) is 0. The van der Waals surface area contributed by atoms with E-state index < -0.39 is 0 Å². The van der Waals surface area contributed by atoms with Crippen molar-refractivity contribution in [2.24, 2.45) is 0 Å². The van der Waals surface area contributed by atoms with Crippen LogP contribution in [-0.4, -0.2) is 16.7 Å². The number of nitrogens with zero attached hydrogens (tertiary/aromatic N) is 2. The third-order valence-corrected chi connectivity index (χ3v) is 4.98. The SMILES string of the molecule is CCCNCc1nnc(-c2cccc(C)c2I)s1. The lowest BCUT2D eigenvalue weighted by Gasteiger charge is -2.02. The van der Waals surface area contributed by atoms with E-state index in [0.717, 1.165) is 29.5 Å². The Bertz CT molecular complexity index is 525. The summed E-state index contributed by atoms with van der Waals surface area (Å²) in [5, 5.41) is 13.9. The molecule has 0 amide bonds. The van der Waals surface area contributed by atoms with E-state index in [0.29, 0.717) is 0 Å². The van der Waals surface area contributed by atoms with Crippen molar-refractivity contribution in [2.75, 3.05) is 6.54 Å². The number of hydrogen-bond acceptors (Lipinski definition) is 4. The van der Waals surface area contributed by atoms with Gasteiger partial charge in [-0.3, -0.25) is 0 Å². The van der Waals surface area contributed by atoms with Gasteiger partial charge in [0.05, 0.1) is 0 Å². The molecule has 1 N–H and O–H groups in total. The Morgan fingerprint density at radius 1 is 1.33 bits per heavy atom. The van der Waals surface area contributed by atoms with Gasteiger partial charge in [-0.2, -0.15) is 0 Å². The van der Waals surface area contributed by atoms with Crippen molar-refractivity contribution < 1.29 is 0 Å². The summed E-state index contributed by atoms with van der Waals surface area (Å²) in [6, 6.07) is 6.30. The lowest BCUT2D eigenvalue weighted by atomic mass is 10.1. The Morgan fingerprint density at radius 2 is 2.17 bits per heavy atom. The molecular weight excluding hydrogens is 357 g/mol. The monoisotopic (exact) mass is 373 g/mol. The van der Waals surface area contributed by atoms with Crippen molar-refractivity contribution in [1.29, 1.82) is 0 Å². The lowest BCUT2D eigenvalue weighted by Crippen LogP contribution is -2.13. The fraction of sp³-hybridized carbons (Fsp3) is 0.385. The minimum absolute atomic E-state index is 0.813. The highest BCUT2D eigenvalue weighted by Crippen LogP contribution is 2.29. The summed E-state index contributed by atoms with van der Waals surface area (Å²) in [6.45, 7) is 6.12. The molecule has 3 nitrogen and oxygen atoms in total. The van der Waals surface area contributed by atoms with Crippen molar-refractivity contribution in [3.05, 3.63) is 32.3 Å². The molecule has 0 aliphatic rings. The molecule has 0 spiro atoms. The van der Waals surface area contributed by atoms with Crippen molar-refractivity contribution in [3.8, 4) is 10.6 Å². The second kappa shape index (κ2) is 6.58. The highest BCUT2D eigenvalue weighted by molar-refractivity contribution is 14.1. The van der Waals surface area contributed by atoms with E-state index in [-0.39, 0.29) is 0 Å². The number of hydrogen-bond donors (Lipinski definition) is 1. The van der Waals surface area contributed by atoms with Crippen LogP contribution >= 0.6 is 33.9 Å². The van der Waals surface area contributed by atoms with Crippen LogP contribution < -0.4 is 5.32 Å². The molecule has 0 saturated heterocycles. The molecule has 0 fully saturated rings. The lowest BCUT2D eigenvalue weighted by molar-refractivity contribution is 0.668. The van der Waals surface area contributed by atoms with Crippen LogP contribution in [0.3, 0.4) is 0 Å². The van der Waals surface area contributed by atoms with Crippen LogP contribution in [-0.2, 0) is 6.54 Å². The van der Waals surface area contributed by atoms with Gasteiger partial charge in [0.15, 0.2) is 0 Å². The van der Waals surface area contributed by atoms with Crippen LogP contribution in [0.5, 0.6) is 0 Å². The van der Waals surface area contributed by atoms with E-state index in [9.17, 15) is 0 Å². The van der Waals surface area contributed by atoms with Gasteiger partial charge in [0.1, 0.15) is 10.0 Å². The summed E-state index contributed by atoms with van der Waals surface area (Å²) in [7, 11) is 0. The van der Waals surface area contributed by atoms with Gasteiger partial charge in [-0.25, -0.2) is 0 Å². The summed E-state index contributed by atoms with van der Waals surface area (Å²) in [4.78, 5) is 0. The molecule has 0 unspecified atom stereocenters. The van der Waals surface area contributed by atoms with Crippen LogP contribution in [0.4, 0.5) is 0 Å². The fourth-order valence-corrected chi connectivity index (χ4v) is 3.26. The second-order valence-corrected chi connectivity index (χ2v) is 6.26. The first-order valence-corrected chi connectivity index (χ1v) is 7.90. The molecule has 18 heavy (non-hydrogen) atoms. The number of rotatable bonds is 5. The molecule has 0 bridgehead atoms. The maximum atomic E-state index is 4.29. The number of halogens is 1. The first-order chi connectivity index (χ1) is 8.72. The van der Waals surface area contributed by atoms with Gasteiger partial charge in [0, 0.05) is 15.7 Å². The fourth-order valence-electron chi connectivity index (χ4n) is 1.62. The highest BCUT2D eigenvalue weighted by atomic mass is 127. The van der Waals surface area contributed by atoms with Crippen molar-refractivity contribution in [1.82, 2.24) is 15.5 Å². The molecule has 2 aromatic rings.